The molecular formula is C14H15FN2O2S. The molecule has 0 fully saturated rings. The summed E-state index contributed by atoms with van der Waals surface area (Å²) in [6.07, 6.45) is 3.03. The zero-order chi connectivity index (χ0) is 14.9. The van der Waals surface area contributed by atoms with Crippen LogP contribution >= 0.6 is 0 Å². The van der Waals surface area contributed by atoms with Crippen LogP contribution < -0.4 is 4.31 Å². The number of nitrogens with zero attached hydrogens (tertiary/aromatic N) is 2. The molecule has 1 aromatic carbocycles. The average molecular weight is 294 g/mol. The number of anilines is 1. The molecule has 0 aliphatic heterocycles. The number of halogens is 1. The topological polar surface area (TPSA) is 50.3 Å². The summed E-state index contributed by atoms with van der Waals surface area (Å²) >= 11 is 0. The van der Waals surface area contributed by atoms with E-state index in [1.165, 1.54) is 25.4 Å². The monoisotopic (exact) mass is 294 g/mol. The molecule has 0 aliphatic rings. The van der Waals surface area contributed by atoms with Crippen LogP contribution in [0.15, 0.2) is 41.6 Å². The molecule has 0 amide bonds. The first kappa shape index (κ1) is 14.5. The highest BCUT2D eigenvalue weighted by Gasteiger charge is 2.25. The van der Waals surface area contributed by atoms with E-state index in [9.17, 15) is 12.8 Å². The van der Waals surface area contributed by atoms with E-state index in [0.717, 1.165) is 4.31 Å². The standard InChI is InChI=1S/C14H15FN2O2S/c1-10-7-12(15)8-11(2)14(10)20(18,19)17(3)13-5-4-6-16-9-13/h4-9H,1-3H3. The van der Waals surface area contributed by atoms with Gasteiger partial charge in [0, 0.05) is 13.2 Å². The Morgan fingerprint density at radius 1 is 1.20 bits per heavy atom. The zero-order valence-corrected chi connectivity index (χ0v) is 12.3. The van der Waals surface area contributed by atoms with Gasteiger partial charge in [0.2, 0.25) is 0 Å². The van der Waals surface area contributed by atoms with Crippen LogP contribution in [0.25, 0.3) is 0 Å². The molecule has 106 valence electrons. The molecule has 2 rings (SSSR count). The Kier molecular flexibility index (Phi) is 3.76. The second-order valence-electron chi connectivity index (χ2n) is 4.55. The second-order valence-corrected chi connectivity index (χ2v) is 6.46. The first-order valence-electron chi connectivity index (χ1n) is 5.99. The predicted molar refractivity (Wildman–Crippen MR) is 75.7 cm³/mol. The minimum Gasteiger partial charge on any atom is -0.268 e. The number of rotatable bonds is 3. The van der Waals surface area contributed by atoms with E-state index in [4.69, 9.17) is 0 Å². The van der Waals surface area contributed by atoms with Gasteiger partial charge in [-0.15, -0.1) is 0 Å². The number of sulfonamides is 1. The second kappa shape index (κ2) is 5.20. The fourth-order valence-corrected chi connectivity index (χ4v) is 3.71. The van der Waals surface area contributed by atoms with Crippen molar-refractivity contribution in [1.82, 2.24) is 4.98 Å². The van der Waals surface area contributed by atoms with Crippen molar-refractivity contribution in [2.45, 2.75) is 18.7 Å². The molecule has 2 aromatic rings. The van der Waals surface area contributed by atoms with Crippen LogP contribution in [0.5, 0.6) is 0 Å². The maximum Gasteiger partial charge on any atom is 0.264 e. The molecule has 4 nitrogen and oxygen atoms in total. The Morgan fingerprint density at radius 3 is 2.30 bits per heavy atom. The highest BCUT2D eigenvalue weighted by Crippen LogP contribution is 2.27. The van der Waals surface area contributed by atoms with Gasteiger partial charge in [-0.3, -0.25) is 9.29 Å². The summed E-state index contributed by atoms with van der Waals surface area (Å²) < 4.78 is 39.8. The van der Waals surface area contributed by atoms with Crippen molar-refractivity contribution in [1.29, 1.82) is 0 Å². The summed E-state index contributed by atoms with van der Waals surface area (Å²) in [5.41, 5.74) is 1.23. The fraction of sp³-hybridized carbons (Fsp3) is 0.214. The quantitative estimate of drug-likeness (QED) is 0.874. The predicted octanol–water partition coefficient (Wildman–Crippen LogP) is 2.66. The Bertz CT molecular complexity index is 707. The van der Waals surface area contributed by atoms with Gasteiger partial charge in [0.15, 0.2) is 0 Å². The summed E-state index contributed by atoms with van der Waals surface area (Å²) in [5, 5.41) is 0. The van der Waals surface area contributed by atoms with Gasteiger partial charge in [-0.2, -0.15) is 0 Å². The number of aryl methyl sites for hydroxylation is 2. The van der Waals surface area contributed by atoms with E-state index in [-0.39, 0.29) is 4.90 Å². The van der Waals surface area contributed by atoms with Gasteiger partial charge in [0.05, 0.1) is 16.8 Å². The number of benzene rings is 1. The molecule has 0 radical (unpaired) electrons. The van der Waals surface area contributed by atoms with Crippen molar-refractivity contribution in [2.24, 2.45) is 0 Å². The Labute approximate surface area is 117 Å². The SMILES string of the molecule is Cc1cc(F)cc(C)c1S(=O)(=O)N(C)c1cccnc1. The summed E-state index contributed by atoms with van der Waals surface area (Å²) in [4.78, 5) is 4.04. The van der Waals surface area contributed by atoms with E-state index in [0.29, 0.717) is 16.8 Å². The van der Waals surface area contributed by atoms with Gasteiger partial charge in [-0.25, -0.2) is 12.8 Å². The minimum atomic E-state index is -3.74. The maximum absolute atomic E-state index is 13.3. The van der Waals surface area contributed by atoms with Crippen LogP contribution in [-0.4, -0.2) is 20.4 Å². The van der Waals surface area contributed by atoms with Crippen LogP contribution in [0.2, 0.25) is 0 Å². The first-order valence-corrected chi connectivity index (χ1v) is 7.44. The summed E-state index contributed by atoms with van der Waals surface area (Å²) in [7, 11) is -2.29. The lowest BCUT2D eigenvalue weighted by Gasteiger charge is -2.21. The summed E-state index contributed by atoms with van der Waals surface area (Å²) in [6.45, 7) is 3.17. The van der Waals surface area contributed by atoms with Crippen LogP contribution in [-0.2, 0) is 10.0 Å². The lowest BCUT2D eigenvalue weighted by molar-refractivity contribution is 0.591. The van der Waals surface area contributed by atoms with Crippen LogP contribution in [0, 0.1) is 19.7 Å². The average Bonchev–Trinajstić information content (AvgIpc) is 2.37. The first-order chi connectivity index (χ1) is 9.34. The zero-order valence-electron chi connectivity index (χ0n) is 11.5. The van der Waals surface area contributed by atoms with E-state index in [1.807, 2.05) is 0 Å². The lowest BCUT2D eigenvalue weighted by atomic mass is 10.1. The van der Waals surface area contributed by atoms with Gasteiger partial charge >= 0.3 is 0 Å². The van der Waals surface area contributed by atoms with Crippen molar-refractivity contribution in [2.75, 3.05) is 11.4 Å². The van der Waals surface area contributed by atoms with Crippen LogP contribution in [0.3, 0.4) is 0 Å². The third kappa shape index (κ3) is 2.51. The molecule has 0 saturated carbocycles. The van der Waals surface area contributed by atoms with Crippen LogP contribution in [0.4, 0.5) is 10.1 Å². The largest absolute Gasteiger partial charge is 0.268 e. The Morgan fingerprint density at radius 2 is 1.80 bits per heavy atom. The number of pyridine rings is 1. The van der Waals surface area contributed by atoms with Crippen molar-refractivity contribution < 1.29 is 12.8 Å². The molecule has 0 aliphatic carbocycles. The van der Waals surface area contributed by atoms with E-state index < -0.39 is 15.8 Å². The summed E-state index contributed by atoms with van der Waals surface area (Å²) in [5.74, 6) is -0.442. The van der Waals surface area contributed by atoms with Crippen molar-refractivity contribution in [3.05, 3.63) is 53.6 Å². The molecule has 20 heavy (non-hydrogen) atoms. The normalized spacial score (nSPS) is 11.4. The number of aromatic nitrogens is 1. The molecule has 0 bridgehead atoms. The number of hydrogen-bond donors (Lipinski definition) is 0. The van der Waals surface area contributed by atoms with E-state index in [1.54, 1.807) is 32.2 Å². The van der Waals surface area contributed by atoms with Gasteiger partial charge in [-0.1, -0.05) is 0 Å². The lowest BCUT2D eigenvalue weighted by Crippen LogP contribution is -2.28. The van der Waals surface area contributed by atoms with Crippen LogP contribution in [0.1, 0.15) is 11.1 Å². The third-order valence-corrected chi connectivity index (χ3v) is 5.14. The third-order valence-electron chi connectivity index (χ3n) is 3.05. The van der Waals surface area contributed by atoms with Gasteiger partial charge in [0.1, 0.15) is 5.82 Å². The highest BCUT2D eigenvalue weighted by molar-refractivity contribution is 7.92. The maximum atomic E-state index is 13.3. The minimum absolute atomic E-state index is 0.130. The number of hydrogen-bond acceptors (Lipinski definition) is 3. The molecule has 0 saturated heterocycles. The smallest absolute Gasteiger partial charge is 0.264 e. The van der Waals surface area contributed by atoms with Gasteiger partial charge in [-0.05, 0) is 49.2 Å². The van der Waals surface area contributed by atoms with E-state index >= 15 is 0 Å². The highest BCUT2D eigenvalue weighted by atomic mass is 32.2. The Balaban J connectivity index is 2.57. The summed E-state index contributed by atoms with van der Waals surface area (Å²) in [6, 6.07) is 5.75. The molecule has 0 unspecified atom stereocenters. The molecule has 0 N–H and O–H groups in total. The van der Waals surface area contributed by atoms with Crippen molar-refractivity contribution in [3.8, 4) is 0 Å². The van der Waals surface area contributed by atoms with Gasteiger partial charge < -0.3 is 0 Å². The molecule has 1 aromatic heterocycles. The van der Waals surface area contributed by atoms with E-state index in [2.05, 4.69) is 4.98 Å². The molecule has 0 atom stereocenters. The fourth-order valence-electron chi connectivity index (χ4n) is 2.12. The molecule has 1 heterocycles. The molecule has 0 spiro atoms. The molecular weight excluding hydrogens is 279 g/mol. The molecule has 6 heteroatoms. The van der Waals surface area contributed by atoms with Crippen molar-refractivity contribution in [3.63, 3.8) is 0 Å². The van der Waals surface area contributed by atoms with Gasteiger partial charge in [0.25, 0.3) is 10.0 Å². The Hall–Kier alpha value is -1.95. The van der Waals surface area contributed by atoms with Crippen molar-refractivity contribution >= 4 is 15.7 Å².